The molecule has 0 saturated heterocycles. The van der Waals surface area contributed by atoms with Crippen LogP contribution in [0, 0.1) is 11.6 Å². The molecule has 3 aromatic rings. The van der Waals surface area contributed by atoms with E-state index in [2.05, 4.69) is 27.1 Å². The summed E-state index contributed by atoms with van der Waals surface area (Å²) >= 11 is 0. The summed E-state index contributed by atoms with van der Waals surface area (Å²) in [5.74, 6) is -1.72. The van der Waals surface area contributed by atoms with Crippen LogP contribution in [-0.2, 0) is 32.3 Å². The fraction of sp³-hybridized carbons (Fsp3) is 0.583. The van der Waals surface area contributed by atoms with Crippen molar-refractivity contribution in [2.24, 2.45) is 0 Å². The van der Waals surface area contributed by atoms with Crippen molar-refractivity contribution >= 4 is 37.4 Å². The molecule has 1 unspecified atom stereocenters. The quantitative estimate of drug-likeness (QED) is 0.132. The number of aromatic nitrogens is 6. The molecule has 39 heavy (non-hydrogen) atoms. The van der Waals surface area contributed by atoms with Gasteiger partial charge in [-0.25, -0.2) is 23.3 Å². The third kappa shape index (κ3) is 10.7. The van der Waals surface area contributed by atoms with Crippen molar-refractivity contribution in [2.45, 2.75) is 76.5 Å². The van der Waals surface area contributed by atoms with E-state index in [0.29, 0.717) is 12.7 Å². The molecule has 0 bridgehead atoms. The van der Waals surface area contributed by atoms with Crippen molar-refractivity contribution in [1.29, 1.82) is 0 Å². The first-order valence-corrected chi connectivity index (χ1v) is 14.2. The van der Waals surface area contributed by atoms with Crippen LogP contribution in [-0.4, -0.2) is 88.2 Å². The molecule has 15 heteroatoms. The first kappa shape index (κ1) is 33.6. The number of ether oxygens (including phenoxy) is 1. The Morgan fingerprint density at radius 1 is 0.974 bits per heavy atom. The van der Waals surface area contributed by atoms with Crippen LogP contribution in [0.1, 0.15) is 57.4 Å². The number of hydrogen-bond donors (Lipinski definition) is 2. The van der Waals surface area contributed by atoms with Crippen LogP contribution < -0.4 is 0 Å². The molecule has 0 saturated carbocycles. The summed E-state index contributed by atoms with van der Waals surface area (Å²) in [6, 6.07) is 3.01. The average Bonchev–Trinajstić information content (AvgIpc) is 3.55. The van der Waals surface area contributed by atoms with E-state index in [9.17, 15) is 18.7 Å². The second kappa shape index (κ2) is 16.6. The molecule has 0 aliphatic rings. The van der Waals surface area contributed by atoms with Crippen molar-refractivity contribution < 1.29 is 32.4 Å². The Hall–Kier alpha value is -1.57. The fourth-order valence-electron chi connectivity index (χ4n) is 4.51. The second-order valence-electron chi connectivity index (χ2n) is 9.25. The van der Waals surface area contributed by atoms with E-state index in [4.69, 9.17) is 9.26 Å². The molecule has 1 aromatic carbocycles. The Morgan fingerprint density at radius 2 is 1.56 bits per heavy atom. The molecule has 0 aliphatic heterocycles. The van der Waals surface area contributed by atoms with E-state index in [-0.39, 0.29) is 54.8 Å². The van der Waals surface area contributed by atoms with Gasteiger partial charge in [-0.15, -0.1) is 0 Å². The Kier molecular flexibility index (Phi) is 14.3. The number of hydrogen-bond acceptors (Lipinski definition) is 7. The summed E-state index contributed by atoms with van der Waals surface area (Å²) in [6.07, 6.45) is 11.4. The van der Waals surface area contributed by atoms with Gasteiger partial charge in [-0.05, 0) is 12.5 Å². The predicted octanol–water partition coefficient (Wildman–Crippen LogP) is 3.38. The number of nitrogens with zero attached hydrogens (tertiary/aromatic N) is 6. The zero-order valence-corrected chi connectivity index (χ0v) is 22.3. The van der Waals surface area contributed by atoms with Crippen LogP contribution >= 0.6 is 7.82 Å². The Balaban J connectivity index is 0.00000533. The third-order valence-corrected chi connectivity index (χ3v) is 6.86. The summed E-state index contributed by atoms with van der Waals surface area (Å²) < 4.78 is 55.3. The van der Waals surface area contributed by atoms with Crippen molar-refractivity contribution in [2.75, 3.05) is 13.2 Å². The van der Waals surface area contributed by atoms with Crippen LogP contribution in [0.25, 0.3) is 0 Å². The summed E-state index contributed by atoms with van der Waals surface area (Å²) in [6.45, 7) is 1.93. The van der Waals surface area contributed by atoms with Crippen LogP contribution in [0.3, 0.4) is 0 Å². The van der Waals surface area contributed by atoms with Gasteiger partial charge in [0.25, 0.3) is 0 Å². The van der Waals surface area contributed by atoms with Gasteiger partial charge in [-0.1, -0.05) is 51.5 Å². The molecule has 2 heterocycles. The van der Waals surface area contributed by atoms with E-state index in [1.165, 1.54) is 60.0 Å². The molecule has 11 nitrogen and oxygen atoms in total. The third-order valence-electron chi connectivity index (χ3n) is 6.33. The maximum absolute atomic E-state index is 15.4. The molecular formula is C24H36F2N6NaO5P. The maximum atomic E-state index is 15.4. The van der Waals surface area contributed by atoms with Gasteiger partial charge in [0.05, 0.1) is 25.1 Å². The van der Waals surface area contributed by atoms with Crippen LogP contribution in [0.4, 0.5) is 8.78 Å². The molecule has 1 atom stereocenters. The number of phosphoric acid groups is 1. The van der Waals surface area contributed by atoms with E-state index in [1.54, 1.807) is 0 Å². The SMILES string of the molecule is CCCCCCCCCOCC(OP(=O)(O)O)C(Cn1cncn1)(Cn1cncn1)c1ccc(F)cc1F.[NaH]. The first-order valence-electron chi connectivity index (χ1n) is 12.7. The molecule has 0 amide bonds. The molecule has 0 spiro atoms. The minimum absolute atomic E-state index is 0. The van der Waals surface area contributed by atoms with Crippen LogP contribution in [0.15, 0.2) is 43.5 Å². The van der Waals surface area contributed by atoms with Crippen LogP contribution in [0.2, 0.25) is 0 Å². The van der Waals surface area contributed by atoms with Gasteiger partial charge in [0.2, 0.25) is 0 Å². The van der Waals surface area contributed by atoms with Gasteiger partial charge >= 0.3 is 37.4 Å². The van der Waals surface area contributed by atoms with Crippen molar-refractivity contribution in [3.05, 3.63) is 60.7 Å². The Labute approximate surface area is 248 Å². The molecule has 3 rings (SSSR count). The molecule has 0 aliphatic carbocycles. The van der Waals surface area contributed by atoms with Gasteiger partial charge < -0.3 is 14.5 Å². The molecule has 2 aromatic heterocycles. The zero-order chi connectivity index (χ0) is 27.4. The van der Waals surface area contributed by atoms with Gasteiger partial charge in [-0.3, -0.25) is 13.9 Å². The van der Waals surface area contributed by atoms with Crippen molar-refractivity contribution in [1.82, 2.24) is 29.5 Å². The number of benzene rings is 1. The number of unbranched alkanes of at least 4 members (excludes halogenated alkanes) is 6. The standard InChI is InChI=1S/C24H35F2N6O5P.Na.H/c1-2-3-4-5-6-7-8-11-36-13-23(37-38(33,34)35)24(14-31-18-27-16-29-31,15-32-19-28-17-30-32)21-10-9-20(25)12-22(21)26;;/h9-10,12,16-19,23H,2-8,11,13-15H2,1H3,(H2,33,34,35);;. The molecular weight excluding hydrogens is 544 g/mol. The van der Waals surface area contributed by atoms with Gasteiger partial charge in [-0.2, -0.15) is 10.2 Å². The van der Waals surface area contributed by atoms with E-state index in [1.807, 2.05) is 0 Å². The van der Waals surface area contributed by atoms with Crippen molar-refractivity contribution in [3.63, 3.8) is 0 Å². The predicted molar refractivity (Wildman–Crippen MR) is 141 cm³/mol. The van der Waals surface area contributed by atoms with Crippen molar-refractivity contribution in [3.8, 4) is 0 Å². The van der Waals surface area contributed by atoms with Gasteiger partial charge in [0.15, 0.2) is 0 Å². The van der Waals surface area contributed by atoms with E-state index in [0.717, 1.165) is 31.7 Å². The normalized spacial score (nSPS) is 12.8. The molecule has 212 valence electrons. The zero-order valence-electron chi connectivity index (χ0n) is 21.4. The monoisotopic (exact) mass is 580 g/mol. The molecule has 2 N–H and O–H groups in total. The van der Waals surface area contributed by atoms with Crippen LogP contribution in [0.5, 0.6) is 0 Å². The minimum atomic E-state index is -5.09. The average molecular weight is 581 g/mol. The Morgan fingerprint density at radius 3 is 2.08 bits per heavy atom. The summed E-state index contributed by atoms with van der Waals surface area (Å²) in [5.41, 5.74) is -1.62. The summed E-state index contributed by atoms with van der Waals surface area (Å²) in [7, 11) is -5.09. The number of halogens is 2. The summed E-state index contributed by atoms with van der Waals surface area (Å²) in [5, 5.41) is 8.21. The van der Waals surface area contributed by atoms with Gasteiger partial charge in [0, 0.05) is 18.2 Å². The van der Waals surface area contributed by atoms with Gasteiger partial charge in [0.1, 0.15) is 43.0 Å². The number of rotatable bonds is 18. The first-order chi connectivity index (χ1) is 18.2. The number of phosphoric ester groups is 1. The van der Waals surface area contributed by atoms with E-state index >= 15 is 4.39 Å². The topological polar surface area (TPSA) is 137 Å². The summed E-state index contributed by atoms with van der Waals surface area (Å²) in [4.78, 5) is 27.5. The molecule has 0 radical (unpaired) electrons. The second-order valence-corrected chi connectivity index (χ2v) is 10.4. The Bertz CT molecular complexity index is 1100. The fourth-order valence-corrected chi connectivity index (χ4v) is 5.10. The van der Waals surface area contributed by atoms with E-state index < -0.39 is 31.0 Å². The molecule has 0 fully saturated rings.